The van der Waals surface area contributed by atoms with Crippen molar-refractivity contribution < 1.29 is 14.4 Å². The van der Waals surface area contributed by atoms with Crippen LogP contribution in [-0.2, 0) is 16.0 Å². The topological polar surface area (TPSA) is 78.5 Å². The number of benzene rings is 2. The summed E-state index contributed by atoms with van der Waals surface area (Å²) >= 11 is 3.32. The van der Waals surface area contributed by atoms with Gasteiger partial charge in [-0.05, 0) is 36.6 Å². The molecule has 0 bridgehead atoms. The van der Waals surface area contributed by atoms with Crippen molar-refractivity contribution in [2.75, 3.05) is 11.9 Å². The molecule has 26 heavy (non-hydrogen) atoms. The molecule has 0 aliphatic carbocycles. The summed E-state index contributed by atoms with van der Waals surface area (Å²) in [6.07, 6.45) is 1.17. The van der Waals surface area contributed by atoms with Crippen LogP contribution in [0.3, 0.4) is 0 Å². The van der Waals surface area contributed by atoms with Crippen molar-refractivity contribution in [2.45, 2.75) is 18.9 Å². The van der Waals surface area contributed by atoms with Crippen LogP contribution in [0.1, 0.15) is 12.0 Å². The summed E-state index contributed by atoms with van der Waals surface area (Å²) in [4.78, 5) is 37.6. The second-order valence-electron chi connectivity index (χ2n) is 6.01. The molecule has 1 saturated heterocycles. The first kappa shape index (κ1) is 18.1. The zero-order chi connectivity index (χ0) is 18.5. The fraction of sp³-hybridized carbons (Fsp3) is 0.211. The standard InChI is InChI=1S/C19H18BrN3O3/c20-14-7-4-8-15(11-14)21-17(24)12-23-18(25)16(22-19(23)26)10-9-13-5-2-1-3-6-13/h1-8,11,16H,9-10,12H2,(H,21,24)(H,22,26)/t16-/m0/s1. The number of anilines is 1. The molecule has 0 saturated carbocycles. The monoisotopic (exact) mass is 415 g/mol. The Hall–Kier alpha value is -2.67. The van der Waals surface area contributed by atoms with Crippen LogP contribution in [0.4, 0.5) is 10.5 Å². The molecular weight excluding hydrogens is 398 g/mol. The first-order valence-electron chi connectivity index (χ1n) is 8.24. The first-order valence-corrected chi connectivity index (χ1v) is 9.03. The highest BCUT2D eigenvalue weighted by atomic mass is 79.9. The molecule has 1 fully saturated rings. The van der Waals surface area contributed by atoms with E-state index in [9.17, 15) is 14.4 Å². The maximum atomic E-state index is 12.4. The maximum Gasteiger partial charge on any atom is 0.325 e. The van der Waals surface area contributed by atoms with Gasteiger partial charge >= 0.3 is 6.03 Å². The van der Waals surface area contributed by atoms with Crippen molar-refractivity contribution in [3.8, 4) is 0 Å². The van der Waals surface area contributed by atoms with Crippen molar-refractivity contribution in [1.82, 2.24) is 10.2 Å². The number of aryl methyl sites for hydroxylation is 1. The summed E-state index contributed by atoms with van der Waals surface area (Å²) in [7, 11) is 0. The van der Waals surface area contributed by atoms with Crippen LogP contribution in [0.5, 0.6) is 0 Å². The van der Waals surface area contributed by atoms with Gasteiger partial charge in [-0.3, -0.25) is 14.5 Å². The normalized spacial score (nSPS) is 16.5. The first-order chi connectivity index (χ1) is 12.5. The van der Waals surface area contributed by atoms with Gasteiger partial charge in [0.2, 0.25) is 5.91 Å². The molecule has 6 nitrogen and oxygen atoms in total. The van der Waals surface area contributed by atoms with E-state index >= 15 is 0 Å². The molecule has 1 heterocycles. The highest BCUT2D eigenvalue weighted by molar-refractivity contribution is 9.10. The molecule has 0 unspecified atom stereocenters. The number of urea groups is 1. The van der Waals surface area contributed by atoms with Gasteiger partial charge in [0.25, 0.3) is 5.91 Å². The fourth-order valence-corrected chi connectivity index (χ4v) is 3.19. The number of hydrogen-bond acceptors (Lipinski definition) is 3. The Bertz CT molecular complexity index is 826. The number of halogens is 1. The van der Waals surface area contributed by atoms with Crippen molar-refractivity contribution in [3.63, 3.8) is 0 Å². The molecular formula is C19H18BrN3O3. The van der Waals surface area contributed by atoms with Gasteiger partial charge < -0.3 is 10.6 Å². The molecule has 1 aliphatic rings. The minimum atomic E-state index is -0.596. The average molecular weight is 416 g/mol. The van der Waals surface area contributed by atoms with Crippen LogP contribution in [-0.4, -0.2) is 35.3 Å². The molecule has 4 amide bonds. The molecule has 1 aliphatic heterocycles. The van der Waals surface area contributed by atoms with Crippen LogP contribution >= 0.6 is 15.9 Å². The van der Waals surface area contributed by atoms with E-state index in [0.29, 0.717) is 18.5 Å². The second-order valence-corrected chi connectivity index (χ2v) is 6.92. The van der Waals surface area contributed by atoms with Gasteiger partial charge in [0, 0.05) is 10.2 Å². The van der Waals surface area contributed by atoms with Gasteiger partial charge in [0.15, 0.2) is 0 Å². The minimum absolute atomic E-state index is 0.307. The molecule has 2 N–H and O–H groups in total. The van der Waals surface area contributed by atoms with E-state index < -0.39 is 18.0 Å². The third kappa shape index (κ3) is 4.49. The van der Waals surface area contributed by atoms with E-state index in [4.69, 9.17) is 0 Å². The molecule has 0 aromatic heterocycles. The summed E-state index contributed by atoms with van der Waals surface area (Å²) < 4.78 is 0.825. The number of carbonyl (C=O) groups is 3. The zero-order valence-corrected chi connectivity index (χ0v) is 15.5. The third-order valence-electron chi connectivity index (χ3n) is 4.08. The molecule has 2 aromatic rings. The van der Waals surface area contributed by atoms with Crippen LogP contribution in [0.2, 0.25) is 0 Å². The van der Waals surface area contributed by atoms with Crippen molar-refractivity contribution in [1.29, 1.82) is 0 Å². The second kappa shape index (κ2) is 8.14. The summed E-state index contributed by atoms with van der Waals surface area (Å²) in [5.74, 6) is -0.786. The predicted octanol–water partition coefficient (Wildman–Crippen LogP) is 2.94. The summed E-state index contributed by atoms with van der Waals surface area (Å²) in [6, 6.07) is 15.7. The third-order valence-corrected chi connectivity index (χ3v) is 4.57. The van der Waals surface area contributed by atoms with Gasteiger partial charge in [-0.1, -0.05) is 52.3 Å². The van der Waals surface area contributed by atoms with E-state index in [0.717, 1.165) is 14.9 Å². The van der Waals surface area contributed by atoms with E-state index in [2.05, 4.69) is 26.6 Å². The fourth-order valence-electron chi connectivity index (χ4n) is 2.79. The molecule has 0 spiro atoms. The zero-order valence-electron chi connectivity index (χ0n) is 13.9. The highest BCUT2D eigenvalue weighted by Crippen LogP contribution is 2.16. The number of nitrogens with zero attached hydrogens (tertiary/aromatic N) is 1. The number of carbonyl (C=O) groups excluding carboxylic acids is 3. The lowest BCUT2D eigenvalue weighted by Gasteiger charge is -2.13. The number of hydrogen-bond donors (Lipinski definition) is 2. The highest BCUT2D eigenvalue weighted by Gasteiger charge is 2.38. The van der Waals surface area contributed by atoms with Gasteiger partial charge in [0.1, 0.15) is 12.6 Å². The predicted molar refractivity (Wildman–Crippen MR) is 102 cm³/mol. The van der Waals surface area contributed by atoms with Crippen LogP contribution < -0.4 is 10.6 Å². The van der Waals surface area contributed by atoms with Crippen LogP contribution in [0.25, 0.3) is 0 Å². The molecule has 0 radical (unpaired) electrons. The number of rotatable bonds is 6. The lowest BCUT2D eigenvalue weighted by Crippen LogP contribution is -2.38. The Kier molecular flexibility index (Phi) is 5.68. The van der Waals surface area contributed by atoms with E-state index in [1.807, 2.05) is 36.4 Å². The molecule has 2 aromatic carbocycles. The van der Waals surface area contributed by atoms with Crippen molar-refractivity contribution in [3.05, 3.63) is 64.6 Å². The van der Waals surface area contributed by atoms with Gasteiger partial charge in [0.05, 0.1) is 0 Å². The molecule has 134 valence electrons. The maximum absolute atomic E-state index is 12.4. The quantitative estimate of drug-likeness (QED) is 0.711. The van der Waals surface area contributed by atoms with Crippen molar-refractivity contribution in [2.24, 2.45) is 0 Å². The average Bonchev–Trinajstić information content (AvgIpc) is 2.88. The van der Waals surface area contributed by atoms with Crippen molar-refractivity contribution >= 4 is 39.5 Å². The molecule has 1 atom stereocenters. The van der Waals surface area contributed by atoms with Gasteiger partial charge in [-0.25, -0.2) is 4.79 Å². The van der Waals surface area contributed by atoms with E-state index in [1.165, 1.54) is 0 Å². The Morgan fingerprint density at radius 1 is 1.12 bits per heavy atom. The number of imide groups is 1. The van der Waals surface area contributed by atoms with Crippen LogP contribution in [0.15, 0.2) is 59.1 Å². The lowest BCUT2D eigenvalue weighted by atomic mass is 10.1. The lowest BCUT2D eigenvalue weighted by molar-refractivity contribution is -0.130. The molecule has 3 rings (SSSR count). The summed E-state index contributed by atoms with van der Waals surface area (Å²) in [5, 5.41) is 5.33. The minimum Gasteiger partial charge on any atom is -0.326 e. The number of nitrogens with one attached hydrogen (secondary N) is 2. The van der Waals surface area contributed by atoms with Gasteiger partial charge in [-0.15, -0.1) is 0 Å². The Morgan fingerprint density at radius 3 is 2.62 bits per heavy atom. The smallest absolute Gasteiger partial charge is 0.325 e. The number of amides is 4. The largest absolute Gasteiger partial charge is 0.326 e. The van der Waals surface area contributed by atoms with Gasteiger partial charge in [-0.2, -0.15) is 0 Å². The van der Waals surface area contributed by atoms with E-state index in [-0.39, 0.29) is 12.5 Å². The Labute approximate surface area is 159 Å². The summed E-state index contributed by atoms with van der Waals surface area (Å²) in [6.45, 7) is -0.307. The van der Waals surface area contributed by atoms with E-state index in [1.54, 1.807) is 18.2 Å². The van der Waals surface area contributed by atoms with Crippen LogP contribution in [0, 0.1) is 0 Å². The summed E-state index contributed by atoms with van der Waals surface area (Å²) in [5.41, 5.74) is 1.69. The Morgan fingerprint density at radius 2 is 1.88 bits per heavy atom. The SMILES string of the molecule is O=C(CN1C(=O)N[C@@H](CCc2ccccc2)C1=O)Nc1cccc(Br)c1. The Balaban J connectivity index is 1.55. The molecule has 7 heteroatoms.